The van der Waals surface area contributed by atoms with Gasteiger partial charge in [0.25, 0.3) is 5.91 Å². The van der Waals surface area contributed by atoms with Crippen molar-refractivity contribution >= 4 is 5.91 Å². The molecule has 0 atom stereocenters. The molecule has 0 aliphatic carbocycles. The molecule has 1 amide bonds. The van der Waals surface area contributed by atoms with Crippen molar-refractivity contribution in [2.75, 3.05) is 0 Å². The molecule has 1 aromatic carbocycles. The number of rotatable bonds is 3. The summed E-state index contributed by atoms with van der Waals surface area (Å²) in [6, 6.07) is 4.23. The van der Waals surface area contributed by atoms with Crippen LogP contribution in [0, 0.1) is 17.5 Å². The third-order valence-corrected chi connectivity index (χ3v) is 2.47. The standard InChI is InChI=1S/C13H9F3N2O/c14-9-2-1-8(11(15)5-9)6-18-13(19)10-3-4-17-7-12(10)16/h1-5,7H,6H2,(H,18,19). The second kappa shape index (κ2) is 5.51. The topological polar surface area (TPSA) is 42.0 Å². The molecule has 0 saturated heterocycles. The molecule has 2 rings (SSSR count). The molecule has 2 aromatic rings. The molecule has 0 spiro atoms. The normalized spacial score (nSPS) is 10.3. The van der Waals surface area contributed by atoms with Crippen LogP contribution in [0.1, 0.15) is 15.9 Å². The summed E-state index contributed by atoms with van der Waals surface area (Å²) in [4.78, 5) is 15.2. The van der Waals surface area contributed by atoms with Crippen LogP contribution in [0.4, 0.5) is 13.2 Å². The fourth-order valence-corrected chi connectivity index (χ4v) is 1.50. The number of halogens is 3. The fourth-order valence-electron chi connectivity index (χ4n) is 1.50. The Morgan fingerprint density at radius 3 is 2.63 bits per heavy atom. The van der Waals surface area contributed by atoms with E-state index in [0.717, 1.165) is 12.3 Å². The van der Waals surface area contributed by atoms with Gasteiger partial charge in [0.05, 0.1) is 11.8 Å². The van der Waals surface area contributed by atoms with Crippen LogP contribution in [-0.2, 0) is 6.54 Å². The second-order valence-electron chi connectivity index (χ2n) is 3.77. The molecule has 0 aliphatic rings. The van der Waals surface area contributed by atoms with E-state index in [1.54, 1.807) is 0 Å². The monoisotopic (exact) mass is 266 g/mol. The van der Waals surface area contributed by atoms with Crippen LogP contribution in [-0.4, -0.2) is 10.9 Å². The highest BCUT2D eigenvalue weighted by molar-refractivity contribution is 5.94. The van der Waals surface area contributed by atoms with Crippen LogP contribution in [0.25, 0.3) is 0 Å². The highest BCUT2D eigenvalue weighted by atomic mass is 19.1. The lowest BCUT2D eigenvalue weighted by atomic mass is 10.2. The molecule has 0 unspecified atom stereocenters. The van der Waals surface area contributed by atoms with E-state index >= 15 is 0 Å². The lowest BCUT2D eigenvalue weighted by Crippen LogP contribution is -2.24. The molecule has 1 aromatic heterocycles. The number of carbonyl (C=O) groups excluding carboxylic acids is 1. The van der Waals surface area contributed by atoms with Crippen molar-refractivity contribution in [3.63, 3.8) is 0 Å². The van der Waals surface area contributed by atoms with E-state index in [-0.39, 0.29) is 17.7 Å². The van der Waals surface area contributed by atoms with Crippen molar-refractivity contribution in [2.45, 2.75) is 6.54 Å². The quantitative estimate of drug-likeness (QED) is 0.927. The van der Waals surface area contributed by atoms with Crippen LogP contribution in [0.3, 0.4) is 0 Å². The SMILES string of the molecule is O=C(NCc1ccc(F)cc1F)c1ccncc1F. The van der Waals surface area contributed by atoms with E-state index in [4.69, 9.17) is 0 Å². The molecule has 1 N–H and O–H groups in total. The van der Waals surface area contributed by atoms with Gasteiger partial charge in [-0.3, -0.25) is 9.78 Å². The third kappa shape index (κ3) is 3.09. The first-order valence-corrected chi connectivity index (χ1v) is 5.39. The molecule has 3 nitrogen and oxygen atoms in total. The lowest BCUT2D eigenvalue weighted by Gasteiger charge is -2.07. The van der Waals surface area contributed by atoms with Gasteiger partial charge in [-0.2, -0.15) is 0 Å². The maximum atomic E-state index is 13.3. The fraction of sp³-hybridized carbons (Fsp3) is 0.0769. The van der Waals surface area contributed by atoms with Crippen molar-refractivity contribution in [3.05, 3.63) is 65.2 Å². The third-order valence-electron chi connectivity index (χ3n) is 2.47. The van der Waals surface area contributed by atoms with E-state index in [0.29, 0.717) is 6.07 Å². The molecular weight excluding hydrogens is 257 g/mol. The van der Waals surface area contributed by atoms with Gasteiger partial charge in [0.2, 0.25) is 0 Å². The summed E-state index contributed by atoms with van der Waals surface area (Å²) in [7, 11) is 0. The lowest BCUT2D eigenvalue weighted by molar-refractivity contribution is 0.0946. The minimum Gasteiger partial charge on any atom is -0.348 e. The van der Waals surface area contributed by atoms with Crippen LogP contribution >= 0.6 is 0 Å². The van der Waals surface area contributed by atoms with E-state index in [1.807, 2.05) is 0 Å². The van der Waals surface area contributed by atoms with Gasteiger partial charge in [-0.15, -0.1) is 0 Å². The van der Waals surface area contributed by atoms with Gasteiger partial charge < -0.3 is 5.32 Å². The minimum atomic E-state index is -0.768. The van der Waals surface area contributed by atoms with Crippen LogP contribution in [0.2, 0.25) is 0 Å². The first-order chi connectivity index (χ1) is 9.08. The average Bonchev–Trinajstić information content (AvgIpc) is 2.38. The number of nitrogens with zero attached hydrogens (tertiary/aromatic N) is 1. The van der Waals surface area contributed by atoms with Crippen molar-refractivity contribution in [1.82, 2.24) is 10.3 Å². The Bertz CT molecular complexity index is 617. The number of hydrogen-bond donors (Lipinski definition) is 1. The number of pyridine rings is 1. The van der Waals surface area contributed by atoms with E-state index < -0.39 is 23.4 Å². The minimum absolute atomic E-state index is 0.115. The van der Waals surface area contributed by atoms with Crippen molar-refractivity contribution in [1.29, 1.82) is 0 Å². The maximum absolute atomic E-state index is 13.3. The summed E-state index contributed by atoms with van der Waals surface area (Å²) in [6.07, 6.45) is 2.18. The van der Waals surface area contributed by atoms with Gasteiger partial charge in [-0.25, -0.2) is 13.2 Å². The highest BCUT2D eigenvalue weighted by Crippen LogP contribution is 2.10. The number of hydrogen-bond acceptors (Lipinski definition) is 2. The number of benzene rings is 1. The molecule has 0 aliphatic heterocycles. The summed E-state index contributed by atoms with van der Waals surface area (Å²) in [5, 5.41) is 2.35. The second-order valence-corrected chi connectivity index (χ2v) is 3.77. The van der Waals surface area contributed by atoms with E-state index in [1.165, 1.54) is 18.3 Å². The highest BCUT2D eigenvalue weighted by Gasteiger charge is 2.12. The Kier molecular flexibility index (Phi) is 3.79. The summed E-state index contributed by atoms with van der Waals surface area (Å²) in [6.45, 7) is -0.160. The predicted molar refractivity (Wildman–Crippen MR) is 61.7 cm³/mol. The predicted octanol–water partition coefficient (Wildman–Crippen LogP) is 2.43. The van der Waals surface area contributed by atoms with Gasteiger partial charge in [-0.1, -0.05) is 6.07 Å². The first-order valence-electron chi connectivity index (χ1n) is 5.39. The summed E-state index contributed by atoms with van der Waals surface area (Å²) < 4.78 is 39.2. The van der Waals surface area contributed by atoms with Crippen LogP contribution in [0.15, 0.2) is 36.7 Å². The van der Waals surface area contributed by atoms with E-state index in [2.05, 4.69) is 10.3 Å². The van der Waals surface area contributed by atoms with Crippen molar-refractivity contribution < 1.29 is 18.0 Å². The molecule has 1 heterocycles. The molecule has 98 valence electrons. The number of nitrogens with one attached hydrogen (secondary N) is 1. The van der Waals surface area contributed by atoms with Crippen molar-refractivity contribution in [3.8, 4) is 0 Å². The Balaban J connectivity index is 2.07. The molecular formula is C13H9F3N2O. The van der Waals surface area contributed by atoms with Gasteiger partial charge in [-0.05, 0) is 12.1 Å². The van der Waals surface area contributed by atoms with Crippen molar-refractivity contribution in [2.24, 2.45) is 0 Å². The molecule has 19 heavy (non-hydrogen) atoms. The Morgan fingerprint density at radius 1 is 1.16 bits per heavy atom. The maximum Gasteiger partial charge on any atom is 0.254 e. The summed E-state index contributed by atoms with van der Waals surface area (Å²) in [5.74, 6) is -2.92. The first kappa shape index (κ1) is 13.1. The van der Waals surface area contributed by atoms with E-state index in [9.17, 15) is 18.0 Å². The zero-order chi connectivity index (χ0) is 13.8. The zero-order valence-electron chi connectivity index (χ0n) is 9.66. The van der Waals surface area contributed by atoms with Crippen LogP contribution in [0.5, 0.6) is 0 Å². The van der Waals surface area contributed by atoms with Gasteiger partial charge in [0.1, 0.15) is 11.6 Å². The zero-order valence-corrected chi connectivity index (χ0v) is 9.66. The van der Waals surface area contributed by atoms with Gasteiger partial charge in [0.15, 0.2) is 5.82 Å². The molecule has 0 radical (unpaired) electrons. The largest absolute Gasteiger partial charge is 0.348 e. The number of carbonyl (C=O) groups is 1. The Labute approximate surface area is 107 Å². The number of amides is 1. The molecule has 0 bridgehead atoms. The molecule has 6 heteroatoms. The van der Waals surface area contributed by atoms with Gasteiger partial charge in [0, 0.05) is 24.4 Å². The molecule has 0 fully saturated rings. The van der Waals surface area contributed by atoms with Crippen LogP contribution < -0.4 is 5.32 Å². The Hall–Kier alpha value is -2.37. The Morgan fingerprint density at radius 2 is 1.95 bits per heavy atom. The smallest absolute Gasteiger partial charge is 0.254 e. The average molecular weight is 266 g/mol. The summed E-state index contributed by atoms with van der Waals surface area (Å²) in [5.41, 5.74) is -0.0678. The molecule has 0 saturated carbocycles. The summed E-state index contributed by atoms with van der Waals surface area (Å²) >= 11 is 0. The number of aromatic nitrogens is 1. The van der Waals surface area contributed by atoms with Gasteiger partial charge >= 0.3 is 0 Å².